The second-order valence-electron chi connectivity index (χ2n) is 8.07. The zero-order valence-electron chi connectivity index (χ0n) is 17.4. The number of hydrogen-bond acceptors (Lipinski definition) is 4. The van der Waals surface area contributed by atoms with E-state index in [4.69, 9.17) is 0 Å². The number of piperidine rings is 1. The van der Waals surface area contributed by atoms with Crippen LogP contribution in [0.1, 0.15) is 44.2 Å². The van der Waals surface area contributed by atoms with Crippen molar-refractivity contribution in [1.82, 2.24) is 20.0 Å². The molecule has 0 saturated carbocycles. The Balaban J connectivity index is 1.39. The van der Waals surface area contributed by atoms with Crippen LogP contribution in [0.5, 0.6) is 0 Å². The molecule has 7 heteroatoms. The molecule has 29 heavy (non-hydrogen) atoms. The Hall–Kier alpha value is -1.44. The van der Waals surface area contributed by atoms with Crippen molar-refractivity contribution in [3.8, 4) is 0 Å². The van der Waals surface area contributed by atoms with Crippen LogP contribution in [0, 0.1) is 0 Å². The van der Waals surface area contributed by atoms with Crippen LogP contribution in [0.4, 0.5) is 0 Å². The average Bonchev–Trinajstić information content (AvgIpc) is 2.75. The molecule has 0 aliphatic carbocycles. The zero-order valence-corrected chi connectivity index (χ0v) is 19.0. The van der Waals surface area contributed by atoms with E-state index in [9.17, 15) is 9.59 Å². The quantitative estimate of drug-likeness (QED) is 0.673. The van der Waals surface area contributed by atoms with Crippen LogP contribution in [0.25, 0.3) is 0 Å². The lowest BCUT2D eigenvalue weighted by atomic mass is 10.0. The van der Waals surface area contributed by atoms with E-state index >= 15 is 0 Å². The topological polar surface area (TPSA) is 55.9 Å². The summed E-state index contributed by atoms with van der Waals surface area (Å²) in [6.45, 7) is 8.19. The third-order valence-electron chi connectivity index (χ3n) is 5.92. The van der Waals surface area contributed by atoms with Crippen LogP contribution in [-0.2, 0) is 9.59 Å². The standard InChI is InChI=1S/C22H33BrN4O2/c1-2-20(18-6-8-19(23)9-7-18)24-21(28)16-25-12-14-26(15-13-25)17-22(29)27-10-4-3-5-11-27/h6-9,20H,2-5,10-17H2,1H3,(H,24,28). The van der Waals surface area contributed by atoms with Crippen LogP contribution < -0.4 is 5.32 Å². The summed E-state index contributed by atoms with van der Waals surface area (Å²) in [7, 11) is 0. The smallest absolute Gasteiger partial charge is 0.236 e. The van der Waals surface area contributed by atoms with E-state index in [2.05, 4.69) is 50.1 Å². The summed E-state index contributed by atoms with van der Waals surface area (Å²) in [5, 5.41) is 3.17. The van der Waals surface area contributed by atoms with Crippen molar-refractivity contribution in [2.24, 2.45) is 0 Å². The van der Waals surface area contributed by atoms with E-state index in [0.717, 1.165) is 68.6 Å². The molecule has 2 fully saturated rings. The molecule has 0 aromatic heterocycles. The van der Waals surface area contributed by atoms with Gasteiger partial charge in [-0.1, -0.05) is 35.0 Å². The summed E-state index contributed by atoms with van der Waals surface area (Å²) in [6, 6.07) is 8.16. The van der Waals surface area contributed by atoms with Crippen LogP contribution >= 0.6 is 15.9 Å². The van der Waals surface area contributed by atoms with Crippen molar-refractivity contribution in [3.05, 3.63) is 34.3 Å². The fourth-order valence-corrected chi connectivity index (χ4v) is 4.36. The van der Waals surface area contributed by atoms with Crippen LogP contribution in [0.2, 0.25) is 0 Å². The number of carbonyl (C=O) groups is 2. The molecule has 2 saturated heterocycles. The molecule has 3 rings (SSSR count). The van der Waals surface area contributed by atoms with Gasteiger partial charge in [-0.3, -0.25) is 19.4 Å². The Bertz CT molecular complexity index is 668. The molecular weight excluding hydrogens is 432 g/mol. The van der Waals surface area contributed by atoms with Crippen molar-refractivity contribution in [1.29, 1.82) is 0 Å². The number of benzene rings is 1. The minimum absolute atomic E-state index is 0.0408. The Morgan fingerprint density at radius 3 is 2.10 bits per heavy atom. The van der Waals surface area contributed by atoms with Gasteiger partial charge in [0.05, 0.1) is 19.1 Å². The summed E-state index contributed by atoms with van der Waals surface area (Å²) in [4.78, 5) is 31.4. The third kappa shape index (κ3) is 6.79. The lowest BCUT2D eigenvalue weighted by Gasteiger charge is -2.36. The summed E-state index contributed by atoms with van der Waals surface area (Å²) >= 11 is 3.45. The highest BCUT2D eigenvalue weighted by Crippen LogP contribution is 2.19. The largest absolute Gasteiger partial charge is 0.348 e. The van der Waals surface area contributed by atoms with Crippen LogP contribution in [-0.4, -0.2) is 78.9 Å². The maximum Gasteiger partial charge on any atom is 0.236 e. The molecule has 2 amide bonds. The van der Waals surface area contributed by atoms with Gasteiger partial charge >= 0.3 is 0 Å². The fraction of sp³-hybridized carbons (Fsp3) is 0.636. The first-order valence-corrected chi connectivity index (χ1v) is 11.6. The number of nitrogens with one attached hydrogen (secondary N) is 1. The van der Waals surface area contributed by atoms with Gasteiger partial charge in [0, 0.05) is 43.7 Å². The first-order valence-electron chi connectivity index (χ1n) is 10.8. The zero-order chi connectivity index (χ0) is 20.6. The Morgan fingerprint density at radius 2 is 1.52 bits per heavy atom. The molecule has 1 aromatic rings. The fourth-order valence-electron chi connectivity index (χ4n) is 4.10. The van der Waals surface area contributed by atoms with Gasteiger partial charge in [0.25, 0.3) is 0 Å². The molecule has 1 unspecified atom stereocenters. The van der Waals surface area contributed by atoms with Gasteiger partial charge < -0.3 is 10.2 Å². The number of halogens is 1. The molecule has 1 aromatic carbocycles. The summed E-state index contributed by atoms with van der Waals surface area (Å²) in [5.41, 5.74) is 1.13. The van der Waals surface area contributed by atoms with Gasteiger partial charge in [0.1, 0.15) is 0 Å². The normalized spacial score (nSPS) is 19.7. The number of likely N-dealkylation sites (tertiary alicyclic amines) is 1. The Labute approximate surface area is 182 Å². The number of amides is 2. The van der Waals surface area contributed by atoms with Gasteiger partial charge in [0.15, 0.2) is 0 Å². The molecule has 1 N–H and O–H groups in total. The van der Waals surface area contributed by atoms with Crippen LogP contribution in [0.3, 0.4) is 0 Å². The molecule has 1 atom stereocenters. The maximum atomic E-state index is 12.6. The molecule has 160 valence electrons. The highest BCUT2D eigenvalue weighted by atomic mass is 79.9. The van der Waals surface area contributed by atoms with Crippen molar-refractivity contribution in [2.75, 3.05) is 52.4 Å². The summed E-state index contributed by atoms with van der Waals surface area (Å²) in [5.74, 6) is 0.328. The first-order chi connectivity index (χ1) is 14.0. The first kappa shape index (κ1) is 22.2. The predicted molar refractivity (Wildman–Crippen MR) is 119 cm³/mol. The Kier molecular flexibility index (Phi) is 8.51. The number of piperazine rings is 1. The van der Waals surface area contributed by atoms with E-state index in [-0.39, 0.29) is 17.9 Å². The minimum Gasteiger partial charge on any atom is -0.348 e. The maximum absolute atomic E-state index is 12.6. The molecule has 0 radical (unpaired) electrons. The molecule has 2 aliphatic rings. The molecular formula is C22H33BrN4O2. The predicted octanol–water partition coefficient (Wildman–Crippen LogP) is 2.65. The van der Waals surface area contributed by atoms with Crippen molar-refractivity contribution < 1.29 is 9.59 Å². The van der Waals surface area contributed by atoms with E-state index in [1.807, 2.05) is 17.0 Å². The van der Waals surface area contributed by atoms with Crippen LogP contribution in [0.15, 0.2) is 28.7 Å². The second-order valence-corrected chi connectivity index (χ2v) is 8.99. The van der Waals surface area contributed by atoms with E-state index < -0.39 is 0 Å². The monoisotopic (exact) mass is 464 g/mol. The summed E-state index contributed by atoms with van der Waals surface area (Å²) in [6.07, 6.45) is 4.37. The van der Waals surface area contributed by atoms with E-state index in [0.29, 0.717) is 13.1 Å². The van der Waals surface area contributed by atoms with Gasteiger partial charge in [-0.2, -0.15) is 0 Å². The molecule has 6 nitrogen and oxygen atoms in total. The molecule has 0 spiro atoms. The highest BCUT2D eigenvalue weighted by molar-refractivity contribution is 9.10. The SMILES string of the molecule is CCC(NC(=O)CN1CCN(CC(=O)N2CCCCC2)CC1)c1ccc(Br)cc1. The Morgan fingerprint density at radius 1 is 0.931 bits per heavy atom. The number of hydrogen-bond donors (Lipinski definition) is 1. The number of nitrogens with zero attached hydrogens (tertiary/aromatic N) is 3. The van der Waals surface area contributed by atoms with Crippen molar-refractivity contribution in [3.63, 3.8) is 0 Å². The molecule has 2 heterocycles. The lowest BCUT2D eigenvalue weighted by molar-refractivity contribution is -0.134. The summed E-state index contributed by atoms with van der Waals surface area (Å²) < 4.78 is 1.04. The van der Waals surface area contributed by atoms with Crippen molar-refractivity contribution >= 4 is 27.7 Å². The third-order valence-corrected chi connectivity index (χ3v) is 6.44. The number of carbonyl (C=O) groups excluding carboxylic acids is 2. The number of rotatable bonds is 7. The minimum atomic E-state index is 0.0408. The second kappa shape index (κ2) is 11.1. The van der Waals surface area contributed by atoms with Gasteiger partial charge in [-0.05, 0) is 43.4 Å². The molecule has 2 aliphatic heterocycles. The van der Waals surface area contributed by atoms with E-state index in [1.165, 1.54) is 6.42 Å². The highest BCUT2D eigenvalue weighted by Gasteiger charge is 2.24. The van der Waals surface area contributed by atoms with Gasteiger partial charge in [-0.15, -0.1) is 0 Å². The lowest BCUT2D eigenvalue weighted by Crippen LogP contribution is -2.52. The van der Waals surface area contributed by atoms with Gasteiger partial charge in [0.2, 0.25) is 11.8 Å². The van der Waals surface area contributed by atoms with Crippen molar-refractivity contribution in [2.45, 2.75) is 38.6 Å². The molecule has 0 bridgehead atoms. The average molecular weight is 465 g/mol. The van der Waals surface area contributed by atoms with E-state index in [1.54, 1.807) is 0 Å². The van der Waals surface area contributed by atoms with Gasteiger partial charge in [-0.25, -0.2) is 0 Å².